The van der Waals surface area contributed by atoms with Gasteiger partial charge in [0, 0.05) is 29.0 Å². The number of hydrogen-bond donors (Lipinski definition) is 3. The highest BCUT2D eigenvalue weighted by Crippen LogP contribution is 2.40. The molecule has 3 heterocycles. The number of hydrogen-bond acceptors (Lipinski definition) is 8. The molecule has 0 saturated carbocycles. The largest absolute Gasteiger partial charge is 0.545 e. The van der Waals surface area contributed by atoms with Crippen LogP contribution in [-0.2, 0) is 31.0 Å². The quantitative estimate of drug-likeness (QED) is 0.198. The van der Waals surface area contributed by atoms with Crippen molar-refractivity contribution in [2.75, 3.05) is 5.75 Å². The number of carboxylic acids is 1. The number of rotatable bonds is 8. The summed E-state index contributed by atoms with van der Waals surface area (Å²) in [4.78, 5) is 50.1. The second-order valence-electron chi connectivity index (χ2n) is 8.06. The summed E-state index contributed by atoms with van der Waals surface area (Å²) < 4.78 is 35.1. The molecule has 2 aromatic rings. The summed E-state index contributed by atoms with van der Waals surface area (Å²) in [7, 11) is -4.84. The molecule has 4 rings (SSSR count). The third-order valence-corrected chi connectivity index (χ3v) is 8.14. The normalized spacial score (nSPS) is 20.2. The number of aromatic nitrogens is 1. The lowest BCUT2D eigenvalue weighted by molar-refractivity contribution is -0.689. The highest BCUT2D eigenvalue weighted by molar-refractivity contribution is 8.00. The van der Waals surface area contributed by atoms with Gasteiger partial charge in [-0.1, -0.05) is 30.3 Å². The van der Waals surface area contributed by atoms with Gasteiger partial charge in [0.05, 0.1) is 5.97 Å². The zero-order valence-electron chi connectivity index (χ0n) is 18.4. The van der Waals surface area contributed by atoms with E-state index < -0.39 is 50.5 Å². The molecular weight excluding hydrogens is 512 g/mol. The third kappa shape index (κ3) is 4.82. The Hall–Kier alpha value is -3.75. The maximum atomic E-state index is 12.9. The van der Waals surface area contributed by atoms with Gasteiger partial charge >= 0.3 is 0 Å². The van der Waals surface area contributed by atoms with Crippen LogP contribution >= 0.6 is 11.8 Å². The van der Waals surface area contributed by atoms with Crippen molar-refractivity contribution in [3.63, 3.8) is 0 Å². The lowest BCUT2D eigenvalue weighted by atomic mass is 10.0. The molecule has 1 saturated heterocycles. The molecular formula is C22H20N4O8S2. The number of aromatic carboxylic acids is 1. The van der Waals surface area contributed by atoms with E-state index in [1.54, 1.807) is 10.6 Å². The number of carboxylic acid groups (broad SMARTS) is 1. The summed E-state index contributed by atoms with van der Waals surface area (Å²) >= 11 is 1.23. The maximum Gasteiger partial charge on any atom is 0.281 e. The second-order valence-corrected chi connectivity index (χ2v) is 10.7. The van der Waals surface area contributed by atoms with Crippen LogP contribution < -0.4 is 20.7 Å². The van der Waals surface area contributed by atoms with Crippen LogP contribution in [-0.4, -0.2) is 58.7 Å². The van der Waals surface area contributed by atoms with Crippen LogP contribution in [0.2, 0.25) is 0 Å². The van der Waals surface area contributed by atoms with Gasteiger partial charge in [-0.05, 0) is 5.56 Å². The molecule has 1 aromatic heterocycles. The molecule has 1 fully saturated rings. The van der Waals surface area contributed by atoms with E-state index in [0.717, 1.165) is 4.90 Å². The molecule has 4 N–H and O–H groups in total. The molecule has 188 valence electrons. The fourth-order valence-corrected chi connectivity index (χ4v) is 6.25. The minimum Gasteiger partial charge on any atom is -0.545 e. The number of nitrogens with one attached hydrogen (secondary N) is 1. The number of primary amides is 1. The van der Waals surface area contributed by atoms with Gasteiger partial charge in [-0.25, -0.2) is 4.57 Å². The lowest BCUT2D eigenvalue weighted by Crippen LogP contribution is -2.71. The Morgan fingerprint density at radius 3 is 2.39 bits per heavy atom. The van der Waals surface area contributed by atoms with Crippen molar-refractivity contribution in [3.8, 4) is 0 Å². The Kier molecular flexibility index (Phi) is 6.84. The van der Waals surface area contributed by atoms with E-state index in [4.69, 9.17) is 5.73 Å². The van der Waals surface area contributed by atoms with E-state index in [1.807, 2.05) is 0 Å². The monoisotopic (exact) mass is 532 g/mol. The highest BCUT2D eigenvalue weighted by atomic mass is 32.2. The number of thioether (sulfide) groups is 1. The van der Waals surface area contributed by atoms with Gasteiger partial charge < -0.3 is 21.0 Å². The Bertz CT molecular complexity index is 1380. The predicted octanol–water partition coefficient (Wildman–Crippen LogP) is -1.89. The Morgan fingerprint density at radius 2 is 1.83 bits per heavy atom. The molecule has 2 aliphatic heterocycles. The van der Waals surface area contributed by atoms with Crippen molar-refractivity contribution in [1.82, 2.24) is 10.2 Å². The Labute approximate surface area is 209 Å². The number of fused-ring (bicyclic) bond motifs is 1. The molecule has 2 aliphatic rings. The first kappa shape index (κ1) is 25.3. The number of nitrogens with zero attached hydrogens (tertiary/aromatic N) is 2. The van der Waals surface area contributed by atoms with Gasteiger partial charge in [0.1, 0.15) is 17.1 Å². The van der Waals surface area contributed by atoms with Crippen molar-refractivity contribution in [2.45, 2.75) is 23.2 Å². The van der Waals surface area contributed by atoms with E-state index in [9.17, 15) is 37.3 Å². The van der Waals surface area contributed by atoms with Crippen molar-refractivity contribution < 1.29 is 41.8 Å². The summed E-state index contributed by atoms with van der Waals surface area (Å²) in [6.07, 6.45) is 2.96. The van der Waals surface area contributed by atoms with Crippen LogP contribution in [0.25, 0.3) is 0 Å². The molecule has 0 radical (unpaired) electrons. The number of β-lactam (4-membered cyclic amide) rings is 1. The van der Waals surface area contributed by atoms with Gasteiger partial charge in [0.25, 0.3) is 21.9 Å². The van der Waals surface area contributed by atoms with Gasteiger partial charge in [-0.3, -0.25) is 23.8 Å². The van der Waals surface area contributed by atoms with E-state index in [-0.39, 0.29) is 29.1 Å². The standard InChI is InChI=1S/C22H20N4O8S2/c23-18(27)16-14(10-25-8-6-13(7-9-25)22(30)31)11-35-21-15(20(29)26(16)21)24-19(28)17(36(32,33)34)12-4-2-1-3-5-12/h1-9,15,17,21H,10-11H2,(H4-,23,24,27,28,30,31,32,33,34)/t15-,17?,21+/m1/s1. The molecule has 0 aliphatic carbocycles. The highest BCUT2D eigenvalue weighted by Gasteiger charge is 2.55. The fraction of sp³-hybridized carbons (Fsp3) is 0.227. The average molecular weight is 533 g/mol. The third-order valence-electron chi connectivity index (χ3n) is 5.72. The van der Waals surface area contributed by atoms with Gasteiger partial charge in [-0.2, -0.15) is 8.42 Å². The summed E-state index contributed by atoms with van der Waals surface area (Å²) in [6, 6.07) is 8.86. The first-order valence-electron chi connectivity index (χ1n) is 10.5. The van der Waals surface area contributed by atoms with Crippen molar-refractivity contribution in [1.29, 1.82) is 0 Å². The number of carbonyl (C=O) groups is 4. The lowest BCUT2D eigenvalue weighted by Gasteiger charge is -2.49. The molecule has 1 aromatic carbocycles. The molecule has 3 amide bonds. The van der Waals surface area contributed by atoms with E-state index >= 15 is 0 Å². The number of carbonyl (C=O) groups excluding carboxylic acids is 4. The van der Waals surface area contributed by atoms with Crippen molar-refractivity contribution in [3.05, 3.63) is 77.3 Å². The number of amides is 3. The van der Waals surface area contributed by atoms with Crippen molar-refractivity contribution >= 4 is 45.6 Å². The summed E-state index contributed by atoms with van der Waals surface area (Å²) in [5.74, 6) is -3.68. The average Bonchev–Trinajstić information content (AvgIpc) is 2.82. The second kappa shape index (κ2) is 9.72. The number of pyridine rings is 1. The van der Waals surface area contributed by atoms with Crippen LogP contribution in [0.3, 0.4) is 0 Å². The van der Waals surface area contributed by atoms with Gasteiger partial charge in [-0.15, -0.1) is 11.8 Å². The van der Waals surface area contributed by atoms with Crippen LogP contribution in [0.5, 0.6) is 0 Å². The van der Waals surface area contributed by atoms with E-state index in [1.165, 1.54) is 60.6 Å². The van der Waals surface area contributed by atoms with Crippen LogP contribution in [0.4, 0.5) is 0 Å². The van der Waals surface area contributed by atoms with E-state index in [2.05, 4.69) is 5.32 Å². The maximum absolute atomic E-state index is 12.9. The zero-order chi connectivity index (χ0) is 26.2. The van der Waals surface area contributed by atoms with Crippen molar-refractivity contribution in [2.24, 2.45) is 5.73 Å². The number of benzene rings is 1. The number of nitrogens with two attached hydrogens (primary N) is 1. The van der Waals surface area contributed by atoms with Crippen LogP contribution in [0.1, 0.15) is 21.2 Å². The minimum atomic E-state index is -4.84. The van der Waals surface area contributed by atoms with Gasteiger partial charge in [0.15, 0.2) is 24.2 Å². The molecule has 0 bridgehead atoms. The molecule has 14 heteroatoms. The molecule has 1 unspecified atom stereocenters. The van der Waals surface area contributed by atoms with Crippen LogP contribution in [0.15, 0.2) is 66.1 Å². The molecule has 0 spiro atoms. The summed E-state index contributed by atoms with van der Waals surface area (Å²) in [6.45, 7) is 0.144. The molecule has 3 atom stereocenters. The minimum absolute atomic E-state index is 0.0244. The smallest absolute Gasteiger partial charge is 0.281 e. The Morgan fingerprint density at radius 1 is 1.19 bits per heavy atom. The van der Waals surface area contributed by atoms with Crippen LogP contribution in [0, 0.1) is 0 Å². The topological polar surface area (TPSA) is 191 Å². The summed E-state index contributed by atoms with van der Waals surface area (Å²) in [5, 5.41) is 10.7. The van der Waals surface area contributed by atoms with Gasteiger partial charge in [0.2, 0.25) is 5.91 Å². The fourth-order valence-electron chi connectivity index (χ4n) is 4.08. The summed E-state index contributed by atoms with van der Waals surface area (Å²) in [5.41, 5.74) is 6.03. The van der Waals surface area contributed by atoms with E-state index in [0.29, 0.717) is 5.57 Å². The molecule has 12 nitrogen and oxygen atoms in total. The molecule has 36 heavy (non-hydrogen) atoms. The predicted molar refractivity (Wildman–Crippen MR) is 123 cm³/mol. The zero-order valence-corrected chi connectivity index (χ0v) is 20.1. The Balaban J connectivity index is 1.54. The SMILES string of the molecule is NC(=O)C1=C(C[n+]2ccc(C(=O)[O-])cc2)CS[C@H]2[C@H](NC(=O)C(c3ccccc3)S(=O)(=O)O)C(=O)N12. The first-order chi connectivity index (χ1) is 17.0. The first-order valence-corrected chi connectivity index (χ1v) is 13.0.